The quantitative estimate of drug-likeness (QED) is 0.655. The van der Waals surface area contributed by atoms with E-state index in [2.05, 4.69) is 46.3 Å². The van der Waals surface area contributed by atoms with Crippen molar-refractivity contribution in [3.05, 3.63) is 53.0 Å². The van der Waals surface area contributed by atoms with Gasteiger partial charge in [0.15, 0.2) is 5.65 Å². The summed E-state index contributed by atoms with van der Waals surface area (Å²) >= 11 is 0. The van der Waals surface area contributed by atoms with E-state index in [1.807, 2.05) is 23.7 Å². The van der Waals surface area contributed by atoms with Gasteiger partial charge in [-0.2, -0.15) is 5.10 Å². The molecule has 1 aliphatic carbocycles. The Morgan fingerprint density at radius 1 is 1.14 bits per heavy atom. The zero-order valence-corrected chi connectivity index (χ0v) is 17.5. The molecule has 0 unspecified atom stereocenters. The predicted molar refractivity (Wildman–Crippen MR) is 117 cm³/mol. The number of rotatable bonds is 5. The molecule has 0 saturated heterocycles. The van der Waals surface area contributed by atoms with Crippen molar-refractivity contribution >= 4 is 22.9 Å². The number of hydrogen-bond acceptors (Lipinski definition) is 4. The molecule has 6 nitrogen and oxygen atoms in total. The summed E-state index contributed by atoms with van der Waals surface area (Å²) in [6.07, 6.45) is 9.18. The van der Waals surface area contributed by atoms with Crippen molar-refractivity contribution in [2.45, 2.75) is 52.9 Å². The van der Waals surface area contributed by atoms with Crippen LogP contribution in [-0.2, 0) is 12.8 Å². The SMILES string of the molecule is CCN(CC)c1ccc(NC(=O)c2cnn3c4c(cnc23)CCCCC4)c(C)c1. The van der Waals surface area contributed by atoms with Gasteiger partial charge in [-0.1, -0.05) is 6.42 Å². The maximum atomic E-state index is 13.0. The molecule has 1 aromatic carbocycles. The molecule has 0 atom stereocenters. The van der Waals surface area contributed by atoms with Crippen molar-refractivity contribution in [3.63, 3.8) is 0 Å². The van der Waals surface area contributed by atoms with Crippen molar-refractivity contribution in [1.29, 1.82) is 0 Å². The number of benzene rings is 1. The van der Waals surface area contributed by atoms with E-state index in [-0.39, 0.29) is 5.91 Å². The van der Waals surface area contributed by atoms with Crippen LogP contribution in [0.1, 0.15) is 60.3 Å². The maximum absolute atomic E-state index is 13.0. The number of aryl methyl sites for hydroxylation is 3. The molecule has 29 heavy (non-hydrogen) atoms. The van der Waals surface area contributed by atoms with Gasteiger partial charge in [0.1, 0.15) is 5.56 Å². The van der Waals surface area contributed by atoms with Gasteiger partial charge in [0.05, 0.1) is 6.20 Å². The van der Waals surface area contributed by atoms with Crippen LogP contribution in [0.3, 0.4) is 0 Å². The lowest BCUT2D eigenvalue weighted by atomic mass is 10.1. The Bertz CT molecular complexity index is 1040. The lowest BCUT2D eigenvalue weighted by molar-refractivity contribution is 0.102. The van der Waals surface area contributed by atoms with Crippen LogP contribution in [0, 0.1) is 6.92 Å². The van der Waals surface area contributed by atoms with E-state index in [1.54, 1.807) is 6.20 Å². The first-order valence-electron chi connectivity index (χ1n) is 10.6. The first-order valence-corrected chi connectivity index (χ1v) is 10.6. The second-order valence-corrected chi connectivity index (χ2v) is 7.71. The predicted octanol–water partition coefficient (Wildman–Crippen LogP) is 4.41. The number of aromatic nitrogens is 3. The lowest BCUT2D eigenvalue weighted by Gasteiger charge is -2.22. The van der Waals surface area contributed by atoms with Gasteiger partial charge in [0.25, 0.3) is 5.91 Å². The summed E-state index contributed by atoms with van der Waals surface area (Å²) in [6.45, 7) is 8.23. The molecule has 0 radical (unpaired) electrons. The molecule has 4 rings (SSSR count). The zero-order valence-electron chi connectivity index (χ0n) is 17.5. The summed E-state index contributed by atoms with van der Waals surface area (Å²) in [7, 11) is 0. The van der Waals surface area contributed by atoms with Crippen LogP contribution < -0.4 is 10.2 Å². The monoisotopic (exact) mass is 391 g/mol. The third kappa shape index (κ3) is 3.71. The van der Waals surface area contributed by atoms with Crippen LogP contribution in [0.5, 0.6) is 0 Å². The minimum absolute atomic E-state index is 0.167. The number of carbonyl (C=O) groups excluding carboxylic acids is 1. The summed E-state index contributed by atoms with van der Waals surface area (Å²) < 4.78 is 1.87. The molecule has 3 aromatic rings. The van der Waals surface area contributed by atoms with E-state index in [1.165, 1.54) is 29.8 Å². The summed E-state index contributed by atoms with van der Waals surface area (Å²) in [6, 6.07) is 6.16. The number of fused-ring (bicyclic) bond motifs is 3. The van der Waals surface area contributed by atoms with E-state index in [0.29, 0.717) is 11.2 Å². The van der Waals surface area contributed by atoms with Gasteiger partial charge in [-0.15, -0.1) is 0 Å². The molecule has 0 fully saturated rings. The van der Waals surface area contributed by atoms with Gasteiger partial charge >= 0.3 is 0 Å². The number of nitrogens with one attached hydrogen (secondary N) is 1. The summed E-state index contributed by atoms with van der Waals surface area (Å²) in [5, 5.41) is 7.55. The minimum atomic E-state index is -0.167. The number of nitrogens with zero attached hydrogens (tertiary/aromatic N) is 4. The molecule has 1 amide bonds. The Hall–Kier alpha value is -2.89. The van der Waals surface area contributed by atoms with E-state index in [9.17, 15) is 4.79 Å². The van der Waals surface area contributed by atoms with Crippen molar-refractivity contribution in [3.8, 4) is 0 Å². The topological polar surface area (TPSA) is 62.5 Å². The molecule has 2 heterocycles. The Labute approximate surface area is 171 Å². The summed E-state index contributed by atoms with van der Waals surface area (Å²) in [4.78, 5) is 19.9. The second kappa shape index (κ2) is 8.23. The Morgan fingerprint density at radius 3 is 2.69 bits per heavy atom. The van der Waals surface area contributed by atoms with Gasteiger partial charge in [-0.25, -0.2) is 9.50 Å². The minimum Gasteiger partial charge on any atom is -0.372 e. The van der Waals surface area contributed by atoms with E-state index >= 15 is 0 Å². The highest BCUT2D eigenvalue weighted by Gasteiger charge is 2.19. The molecule has 1 aliphatic rings. The average molecular weight is 392 g/mol. The second-order valence-electron chi connectivity index (χ2n) is 7.71. The molecule has 2 aromatic heterocycles. The first kappa shape index (κ1) is 19.4. The first-order chi connectivity index (χ1) is 14.1. The van der Waals surface area contributed by atoms with E-state index in [4.69, 9.17) is 0 Å². The number of carbonyl (C=O) groups is 1. The van der Waals surface area contributed by atoms with Gasteiger partial charge in [0.2, 0.25) is 0 Å². The molecule has 0 aliphatic heterocycles. The van der Waals surface area contributed by atoms with Crippen LogP contribution in [-0.4, -0.2) is 33.6 Å². The fraction of sp³-hybridized carbons (Fsp3) is 0.435. The summed E-state index contributed by atoms with van der Waals surface area (Å²) in [5.74, 6) is -0.167. The Balaban J connectivity index is 1.61. The third-order valence-electron chi connectivity index (χ3n) is 5.90. The maximum Gasteiger partial charge on any atom is 0.261 e. The molecule has 1 N–H and O–H groups in total. The van der Waals surface area contributed by atoms with Gasteiger partial charge in [0, 0.05) is 36.4 Å². The van der Waals surface area contributed by atoms with Crippen molar-refractivity contribution < 1.29 is 4.79 Å². The lowest BCUT2D eigenvalue weighted by Crippen LogP contribution is -2.22. The zero-order chi connectivity index (χ0) is 20.4. The van der Waals surface area contributed by atoms with Crippen LogP contribution in [0.2, 0.25) is 0 Å². The highest BCUT2D eigenvalue weighted by molar-refractivity contribution is 6.08. The highest BCUT2D eigenvalue weighted by Crippen LogP contribution is 2.25. The molecule has 0 spiro atoms. The summed E-state index contributed by atoms with van der Waals surface area (Å²) in [5.41, 5.74) is 6.65. The largest absolute Gasteiger partial charge is 0.372 e. The van der Waals surface area contributed by atoms with Crippen LogP contribution >= 0.6 is 0 Å². The Kier molecular flexibility index (Phi) is 5.51. The normalized spacial score (nSPS) is 13.8. The Morgan fingerprint density at radius 2 is 1.93 bits per heavy atom. The standard InChI is InChI=1S/C23H29N5O/c1-4-27(5-2)18-11-12-20(16(3)13-18)26-23(29)19-15-25-28-21-10-8-6-7-9-17(21)14-24-22(19)28/h11-15H,4-10H2,1-3H3,(H,26,29). The van der Waals surface area contributed by atoms with E-state index < -0.39 is 0 Å². The fourth-order valence-corrected chi connectivity index (χ4v) is 4.20. The molecular formula is C23H29N5O. The van der Waals surface area contributed by atoms with Crippen molar-refractivity contribution in [2.24, 2.45) is 0 Å². The van der Waals surface area contributed by atoms with Crippen LogP contribution in [0.25, 0.3) is 5.65 Å². The van der Waals surface area contributed by atoms with Crippen LogP contribution in [0.4, 0.5) is 11.4 Å². The van der Waals surface area contributed by atoms with E-state index in [0.717, 1.165) is 43.6 Å². The highest BCUT2D eigenvalue weighted by atomic mass is 16.1. The molecule has 152 valence electrons. The average Bonchev–Trinajstić information content (AvgIpc) is 3.01. The number of hydrogen-bond donors (Lipinski definition) is 1. The third-order valence-corrected chi connectivity index (χ3v) is 5.90. The smallest absolute Gasteiger partial charge is 0.261 e. The molecular weight excluding hydrogens is 362 g/mol. The fourth-order valence-electron chi connectivity index (χ4n) is 4.20. The van der Waals surface area contributed by atoms with Crippen molar-refractivity contribution in [1.82, 2.24) is 14.6 Å². The molecule has 0 bridgehead atoms. The van der Waals surface area contributed by atoms with Gasteiger partial charge in [-0.3, -0.25) is 4.79 Å². The molecule has 0 saturated carbocycles. The number of amides is 1. The molecule has 6 heteroatoms. The van der Waals surface area contributed by atoms with Gasteiger partial charge < -0.3 is 10.2 Å². The van der Waals surface area contributed by atoms with Crippen molar-refractivity contribution in [2.75, 3.05) is 23.3 Å². The number of anilines is 2. The van der Waals surface area contributed by atoms with Crippen LogP contribution in [0.15, 0.2) is 30.6 Å². The van der Waals surface area contributed by atoms with Gasteiger partial charge in [-0.05, 0) is 75.8 Å².